The topological polar surface area (TPSA) is 134 Å². The maximum atomic E-state index is 12.5. The molecule has 0 heterocycles. The van der Waals surface area contributed by atoms with Gasteiger partial charge >= 0.3 is 19.8 Å². The summed E-state index contributed by atoms with van der Waals surface area (Å²) < 4.78 is 32.5. The van der Waals surface area contributed by atoms with Crippen molar-refractivity contribution >= 4 is 19.8 Å². The summed E-state index contributed by atoms with van der Waals surface area (Å²) in [6, 6.07) is 0. The molecule has 0 fully saturated rings. The van der Waals surface area contributed by atoms with Crippen LogP contribution in [-0.2, 0) is 32.7 Å². The number of hydrogen-bond donors (Lipinski definition) is 2. The molecule has 0 saturated carbocycles. The summed E-state index contributed by atoms with van der Waals surface area (Å²) in [5, 5.41) is 0. The normalized spacial score (nSPS) is 14.4. The van der Waals surface area contributed by atoms with Crippen LogP contribution in [0.3, 0.4) is 0 Å². The van der Waals surface area contributed by atoms with E-state index < -0.39 is 32.5 Å². The highest BCUT2D eigenvalue weighted by Crippen LogP contribution is 2.43. The molecular weight excluding hydrogens is 665 g/mol. The van der Waals surface area contributed by atoms with Crippen molar-refractivity contribution in [3.63, 3.8) is 0 Å². The number of phosphoric ester groups is 1. The summed E-state index contributed by atoms with van der Waals surface area (Å²) >= 11 is 0. The molecule has 2 unspecified atom stereocenters. The number of phosphoric acid groups is 1. The van der Waals surface area contributed by atoms with E-state index in [4.69, 9.17) is 24.3 Å². The molecule has 0 radical (unpaired) electrons. The number of allylic oxidation sites excluding steroid dienone is 14. The van der Waals surface area contributed by atoms with Gasteiger partial charge in [0.1, 0.15) is 6.61 Å². The second kappa shape index (κ2) is 37.0. The van der Waals surface area contributed by atoms with Gasteiger partial charge in [0, 0.05) is 19.4 Å². The molecule has 0 bridgehead atoms. The fraction of sp³-hybridized carbons (Fsp3) is 0.610. The lowest BCUT2D eigenvalue weighted by molar-refractivity contribution is -0.161. The number of unbranched alkanes of at least 4 members (excludes halogenated alkanes) is 7. The minimum absolute atomic E-state index is 0.0401. The van der Waals surface area contributed by atoms with Gasteiger partial charge in [0.25, 0.3) is 0 Å². The first-order valence-electron chi connectivity index (χ1n) is 19.1. The SMILES string of the molecule is CC/C=C\C/C=C\C/C=C\C/C=C\C/C=C\C/C=C\C/C=C\CCCC(=O)OC(COC(=O)CCCCCCCCC)COP(=O)(O)OCCN. The molecule has 0 amide bonds. The summed E-state index contributed by atoms with van der Waals surface area (Å²) in [7, 11) is -4.39. The average molecular weight is 734 g/mol. The van der Waals surface area contributed by atoms with Crippen molar-refractivity contribution < 1.29 is 37.6 Å². The lowest BCUT2D eigenvalue weighted by Gasteiger charge is -2.19. The van der Waals surface area contributed by atoms with E-state index in [1.807, 2.05) is 6.08 Å². The van der Waals surface area contributed by atoms with Crippen molar-refractivity contribution in [1.29, 1.82) is 0 Å². The van der Waals surface area contributed by atoms with Gasteiger partial charge in [-0.3, -0.25) is 18.6 Å². The van der Waals surface area contributed by atoms with Crippen molar-refractivity contribution in [1.82, 2.24) is 0 Å². The number of ether oxygens (including phenoxy) is 2. The Labute approximate surface area is 309 Å². The molecule has 0 aliphatic heterocycles. The number of esters is 2. The lowest BCUT2D eigenvalue weighted by atomic mass is 10.1. The molecule has 2 atom stereocenters. The van der Waals surface area contributed by atoms with Crippen LogP contribution >= 0.6 is 7.82 Å². The molecule has 290 valence electrons. The minimum atomic E-state index is -4.39. The maximum absolute atomic E-state index is 12.5. The Bertz CT molecular complexity index is 1110. The van der Waals surface area contributed by atoms with Crippen LogP contribution in [0.2, 0.25) is 0 Å². The van der Waals surface area contributed by atoms with E-state index in [-0.39, 0.29) is 32.6 Å². The molecule has 0 spiro atoms. The molecule has 0 rings (SSSR count). The number of carbonyl (C=O) groups is 2. The van der Waals surface area contributed by atoms with Crippen LogP contribution in [0.1, 0.15) is 129 Å². The van der Waals surface area contributed by atoms with Crippen LogP contribution in [0, 0.1) is 0 Å². The van der Waals surface area contributed by atoms with Crippen molar-refractivity contribution in [2.75, 3.05) is 26.4 Å². The maximum Gasteiger partial charge on any atom is 0.472 e. The lowest BCUT2D eigenvalue weighted by Crippen LogP contribution is -2.29. The van der Waals surface area contributed by atoms with E-state index >= 15 is 0 Å². The highest BCUT2D eigenvalue weighted by molar-refractivity contribution is 7.47. The van der Waals surface area contributed by atoms with E-state index in [0.29, 0.717) is 12.8 Å². The van der Waals surface area contributed by atoms with Crippen LogP contribution in [0.25, 0.3) is 0 Å². The zero-order valence-electron chi connectivity index (χ0n) is 31.5. The van der Waals surface area contributed by atoms with E-state index in [0.717, 1.165) is 70.6 Å². The van der Waals surface area contributed by atoms with Gasteiger partial charge in [-0.1, -0.05) is 137 Å². The largest absolute Gasteiger partial charge is 0.472 e. The molecule has 3 N–H and O–H groups in total. The van der Waals surface area contributed by atoms with Crippen molar-refractivity contribution in [2.45, 2.75) is 136 Å². The van der Waals surface area contributed by atoms with Crippen molar-refractivity contribution in [3.8, 4) is 0 Å². The van der Waals surface area contributed by atoms with Gasteiger partial charge in [-0.05, 0) is 64.2 Å². The van der Waals surface area contributed by atoms with Crippen LogP contribution in [0.5, 0.6) is 0 Å². The van der Waals surface area contributed by atoms with Gasteiger partial charge in [-0.15, -0.1) is 0 Å². The van der Waals surface area contributed by atoms with Crippen LogP contribution in [-0.4, -0.2) is 49.3 Å². The monoisotopic (exact) mass is 733 g/mol. The molecule has 0 aromatic carbocycles. The third kappa shape index (κ3) is 36.8. The molecule has 0 aliphatic carbocycles. The van der Waals surface area contributed by atoms with Gasteiger partial charge < -0.3 is 20.1 Å². The summed E-state index contributed by atoms with van der Waals surface area (Å²) in [6.45, 7) is 3.46. The minimum Gasteiger partial charge on any atom is -0.462 e. The van der Waals surface area contributed by atoms with Crippen molar-refractivity contribution in [3.05, 3.63) is 85.1 Å². The molecule has 0 aromatic heterocycles. The number of nitrogens with two attached hydrogens (primary N) is 1. The second-order valence-electron chi connectivity index (χ2n) is 12.1. The standard InChI is InChI=1S/C41H68NO8P/c1-3-5-7-9-11-12-13-14-15-16-17-18-19-20-21-22-23-24-25-26-28-30-32-34-41(44)50-39(38-49-51(45,46)48-36-35-42)37-47-40(43)33-31-29-27-10-8-6-4-2/h5,7,11-12,14-15,17-18,20-21,23-24,26,28,39H,3-4,6,8-10,13,16,19,22,25,27,29-38,42H2,1-2H3,(H,45,46)/b7-5-,12-11-,15-14-,18-17-,21-20-,24-23-,28-26-. The Balaban J connectivity index is 4.28. The van der Waals surface area contributed by atoms with E-state index in [9.17, 15) is 19.0 Å². The average Bonchev–Trinajstić information content (AvgIpc) is 3.11. The fourth-order valence-corrected chi connectivity index (χ4v) is 5.27. The predicted octanol–water partition coefficient (Wildman–Crippen LogP) is 10.5. The van der Waals surface area contributed by atoms with E-state index in [1.54, 1.807) is 0 Å². The second-order valence-corrected chi connectivity index (χ2v) is 13.5. The van der Waals surface area contributed by atoms with E-state index in [2.05, 4.69) is 92.8 Å². The Kier molecular flexibility index (Phi) is 34.9. The first-order chi connectivity index (χ1) is 24.8. The summed E-state index contributed by atoms with van der Waals surface area (Å²) in [5.41, 5.74) is 5.31. The Morgan fingerprint density at radius 3 is 1.59 bits per heavy atom. The Hall–Kier alpha value is -2.81. The molecule has 9 nitrogen and oxygen atoms in total. The summed E-state index contributed by atoms with van der Waals surface area (Å²) in [5.74, 6) is -0.916. The van der Waals surface area contributed by atoms with Gasteiger partial charge in [-0.2, -0.15) is 0 Å². The quantitative estimate of drug-likeness (QED) is 0.0287. The van der Waals surface area contributed by atoms with Crippen LogP contribution in [0.4, 0.5) is 0 Å². The van der Waals surface area contributed by atoms with Crippen molar-refractivity contribution in [2.24, 2.45) is 5.73 Å². The Morgan fingerprint density at radius 2 is 1.08 bits per heavy atom. The number of carbonyl (C=O) groups excluding carboxylic acids is 2. The molecule has 0 saturated heterocycles. The van der Waals surface area contributed by atoms with Gasteiger partial charge in [0.05, 0.1) is 13.2 Å². The molecule has 51 heavy (non-hydrogen) atoms. The first kappa shape index (κ1) is 48.2. The zero-order chi connectivity index (χ0) is 37.5. The molecule has 10 heteroatoms. The zero-order valence-corrected chi connectivity index (χ0v) is 32.4. The molecule has 0 aliphatic rings. The smallest absolute Gasteiger partial charge is 0.462 e. The number of hydrogen-bond acceptors (Lipinski definition) is 8. The first-order valence-corrected chi connectivity index (χ1v) is 20.6. The highest BCUT2D eigenvalue weighted by atomic mass is 31.2. The van der Waals surface area contributed by atoms with Crippen LogP contribution < -0.4 is 5.73 Å². The Morgan fingerprint density at radius 1 is 0.608 bits per heavy atom. The molecular formula is C41H68NO8P. The third-order valence-electron chi connectivity index (χ3n) is 7.30. The van der Waals surface area contributed by atoms with Crippen LogP contribution in [0.15, 0.2) is 85.1 Å². The van der Waals surface area contributed by atoms with Gasteiger partial charge in [0.15, 0.2) is 6.10 Å². The summed E-state index contributed by atoms with van der Waals surface area (Å²) in [6.07, 6.45) is 45.0. The highest BCUT2D eigenvalue weighted by Gasteiger charge is 2.25. The third-order valence-corrected chi connectivity index (χ3v) is 8.28. The number of rotatable bonds is 34. The fourth-order valence-electron chi connectivity index (χ4n) is 4.50. The predicted molar refractivity (Wildman–Crippen MR) is 210 cm³/mol. The summed E-state index contributed by atoms with van der Waals surface area (Å²) in [4.78, 5) is 34.5. The molecule has 0 aromatic rings. The van der Waals surface area contributed by atoms with E-state index in [1.165, 1.54) is 19.3 Å². The van der Waals surface area contributed by atoms with Gasteiger partial charge in [0.2, 0.25) is 0 Å². The van der Waals surface area contributed by atoms with Gasteiger partial charge in [-0.25, -0.2) is 4.57 Å².